The van der Waals surface area contributed by atoms with Gasteiger partial charge in [-0.15, -0.1) is 0 Å². The first-order chi connectivity index (χ1) is 7.88. The molecule has 84 valence electrons. The second-order valence-electron chi connectivity index (χ2n) is 3.38. The zero-order valence-electron chi connectivity index (χ0n) is 9.14. The first-order valence-electron chi connectivity index (χ1n) is 5.13. The fourth-order valence-electron chi connectivity index (χ4n) is 1.37. The summed E-state index contributed by atoms with van der Waals surface area (Å²) in [6, 6.07) is 7.48. The van der Waals surface area contributed by atoms with Crippen LogP contribution in [0.25, 0.3) is 0 Å². The molecule has 1 N–H and O–H groups in total. The molecule has 4 nitrogen and oxygen atoms in total. The van der Waals surface area contributed by atoms with Crippen molar-refractivity contribution in [3.63, 3.8) is 0 Å². The van der Waals surface area contributed by atoms with Crippen molar-refractivity contribution in [1.82, 2.24) is 10.3 Å². The molecule has 2 aromatic heterocycles. The van der Waals surface area contributed by atoms with Gasteiger partial charge in [0.05, 0.1) is 12.0 Å². The van der Waals surface area contributed by atoms with Gasteiger partial charge in [0, 0.05) is 18.8 Å². The summed E-state index contributed by atoms with van der Waals surface area (Å²) in [6.07, 6.45) is 3.38. The highest BCUT2D eigenvalue weighted by atomic mass is 16.5. The van der Waals surface area contributed by atoms with Crippen molar-refractivity contribution < 1.29 is 9.15 Å². The molecule has 16 heavy (non-hydrogen) atoms. The number of hydrogen-bond acceptors (Lipinski definition) is 4. The average molecular weight is 218 g/mol. The molecule has 0 saturated heterocycles. The van der Waals surface area contributed by atoms with Gasteiger partial charge >= 0.3 is 0 Å². The van der Waals surface area contributed by atoms with Crippen LogP contribution in [0.1, 0.15) is 11.5 Å². The molecule has 2 heterocycles. The summed E-state index contributed by atoms with van der Waals surface area (Å²) in [5.41, 5.74) is 0.958. The molecule has 0 aliphatic heterocycles. The van der Waals surface area contributed by atoms with Crippen LogP contribution in [0, 0.1) is 0 Å². The summed E-state index contributed by atoms with van der Waals surface area (Å²) in [6.45, 7) is 1.17. The molecule has 0 saturated carbocycles. The second kappa shape index (κ2) is 5.32. The van der Waals surface area contributed by atoms with E-state index in [1.807, 2.05) is 31.3 Å². The molecule has 2 rings (SSSR count). The predicted octanol–water partition coefficient (Wildman–Crippen LogP) is 1.97. The number of hydrogen-bond donors (Lipinski definition) is 1. The maximum atomic E-state index is 5.58. The molecule has 0 fully saturated rings. The van der Waals surface area contributed by atoms with Crippen molar-refractivity contribution in [2.45, 2.75) is 13.2 Å². The Morgan fingerprint density at radius 3 is 3.12 bits per heavy atom. The van der Waals surface area contributed by atoms with Gasteiger partial charge in [0.25, 0.3) is 0 Å². The zero-order chi connectivity index (χ0) is 11.2. The lowest BCUT2D eigenvalue weighted by Crippen LogP contribution is -2.06. The summed E-state index contributed by atoms with van der Waals surface area (Å²) in [4.78, 5) is 4.21. The Hall–Kier alpha value is -1.81. The Morgan fingerprint density at radius 2 is 2.38 bits per heavy atom. The monoisotopic (exact) mass is 218 g/mol. The minimum Gasteiger partial charge on any atom is -0.486 e. The van der Waals surface area contributed by atoms with Crippen LogP contribution in [0.3, 0.4) is 0 Å². The van der Waals surface area contributed by atoms with Gasteiger partial charge in [-0.25, -0.2) is 0 Å². The van der Waals surface area contributed by atoms with Gasteiger partial charge in [0.2, 0.25) is 0 Å². The Bertz CT molecular complexity index is 426. The van der Waals surface area contributed by atoms with Gasteiger partial charge < -0.3 is 14.5 Å². The normalized spacial score (nSPS) is 10.3. The Kier molecular flexibility index (Phi) is 3.56. The molecular formula is C12H14N2O2. The van der Waals surface area contributed by atoms with Gasteiger partial charge in [0.15, 0.2) is 0 Å². The molecule has 0 amide bonds. The zero-order valence-corrected chi connectivity index (χ0v) is 9.14. The van der Waals surface area contributed by atoms with E-state index in [1.165, 1.54) is 0 Å². The van der Waals surface area contributed by atoms with Crippen molar-refractivity contribution in [2.24, 2.45) is 0 Å². The average Bonchev–Trinajstić information content (AvgIpc) is 2.80. The minimum atomic E-state index is 0.440. The smallest absolute Gasteiger partial charge is 0.146 e. The van der Waals surface area contributed by atoms with Crippen LogP contribution in [-0.2, 0) is 13.2 Å². The summed E-state index contributed by atoms with van der Waals surface area (Å²) in [5.74, 6) is 1.61. The maximum absolute atomic E-state index is 5.58. The van der Waals surface area contributed by atoms with Crippen LogP contribution in [0.4, 0.5) is 0 Å². The molecule has 0 atom stereocenters. The fraction of sp³-hybridized carbons (Fsp3) is 0.250. The highest BCUT2D eigenvalue weighted by Gasteiger charge is 1.99. The molecule has 0 radical (unpaired) electrons. The van der Waals surface area contributed by atoms with Crippen molar-refractivity contribution in [3.8, 4) is 5.75 Å². The van der Waals surface area contributed by atoms with Crippen molar-refractivity contribution >= 4 is 0 Å². The summed E-state index contributed by atoms with van der Waals surface area (Å²) < 4.78 is 10.8. The summed E-state index contributed by atoms with van der Waals surface area (Å²) in [5, 5.41) is 3.04. The first-order valence-corrected chi connectivity index (χ1v) is 5.13. The third-order valence-corrected chi connectivity index (χ3v) is 2.11. The largest absolute Gasteiger partial charge is 0.486 e. The van der Waals surface area contributed by atoms with Gasteiger partial charge in [-0.1, -0.05) is 0 Å². The predicted molar refractivity (Wildman–Crippen MR) is 60.0 cm³/mol. The van der Waals surface area contributed by atoms with Crippen LogP contribution in [0.5, 0.6) is 5.75 Å². The lowest BCUT2D eigenvalue weighted by atomic mass is 10.3. The molecule has 0 unspecified atom stereocenters. The van der Waals surface area contributed by atoms with Crippen molar-refractivity contribution in [2.75, 3.05) is 7.05 Å². The van der Waals surface area contributed by atoms with Gasteiger partial charge in [0.1, 0.15) is 18.1 Å². The second-order valence-corrected chi connectivity index (χ2v) is 3.38. The number of nitrogens with zero attached hydrogens (tertiary/aromatic N) is 1. The van der Waals surface area contributed by atoms with E-state index in [4.69, 9.17) is 9.15 Å². The van der Waals surface area contributed by atoms with Crippen molar-refractivity contribution in [3.05, 3.63) is 48.2 Å². The van der Waals surface area contributed by atoms with E-state index in [9.17, 15) is 0 Å². The van der Waals surface area contributed by atoms with E-state index in [-0.39, 0.29) is 0 Å². The molecule has 0 aliphatic rings. The van der Waals surface area contributed by atoms with Gasteiger partial charge in [-0.2, -0.15) is 0 Å². The minimum absolute atomic E-state index is 0.440. The van der Waals surface area contributed by atoms with Gasteiger partial charge in [-0.3, -0.25) is 4.98 Å². The third-order valence-electron chi connectivity index (χ3n) is 2.11. The number of nitrogens with one attached hydrogen (secondary N) is 1. The highest BCUT2D eigenvalue weighted by molar-refractivity contribution is 5.22. The molecule has 0 spiro atoms. The van der Waals surface area contributed by atoms with E-state index >= 15 is 0 Å². The number of aromatic nitrogens is 1. The standard InChI is InChI=1S/C12H14N2O2/c1-13-8-10-7-11(4-5-14-10)16-9-12-3-2-6-15-12/h2-7,13H,8-9H2,1H3. The van der Waals surface area contributed by atoms with E-state index in [0.717, 1.165) is 23.7 Å². The highest BCUT2D eigenvalue weighted by Crippen LogP contribution is 2.13. The summed E-state index contributed by atoms with van der Waals surface area (Å²) in [7, 11) is 1.89. The van der Waals surface area contributed by atoms with Crippen LogP contribution in [0.2, 0.25) is 0 Å². The number of rotatable bonds is 5. The van der Waals surface area contributed by atoms with E-state index < -0.39 is 0 Å². The lowest BCUT2D eigenvalue weighted by Gasteiger charge is -2.05. The molecule has 0 aromatic carbocycles. The molecule has 0 aliphatic carbocycles. The van der Waals surface area contributed by atoms with E-state index in [2.05, 4.69) is 10.3 Å². The Labute approximate surface area is 94.3 Å². The topological polar surface area (TPSA) is 47.3 Å². The van der Waals surface area contributed by atoms with Gasteiger partial charge in [-0.05, 0) is 25.2 Å². The fourth-order valence-corrected chi connectivity index (χ4v) is 1.37. The quantitative estimate of drug-likeness (QED) is 0.833. The summed E-state index contributed by atoms with van der Waals surface area (Å²) >= 11 is 0. The van der Waals surface area contributed by atoms with Crippen LogP contribution < -0.4 is 10.1 Å². The molecule has 4 heteroatoms. The number of ether oxygens (including phenoxy) is 1. The molecule has 0 bridgehead atoms. The van der Waals surface area contributed by atoms with Crippen LogP contribution in [-0.4, -0.2) is 12.0 Å². The first kappa shape index (κ1) is 10.7. The Balaban J connectivity index is 1.96. The Morgan fingerprint density at radius 1 is 1.44 bits per heavy atom. The SMILES string of the molecule is CNCc1cc(OCc2ccco2)ccn1. The molecule has 2 aromatic rings. The lowest BCUT2D eigenvalue weighted by molar-refractivity contribution is 0.269. The third kappa shape index (κ3) is 2.84. The maximum Gasteiger partial charge on any atom is 0.146 e. The van der Waals surface area contributed by atoms with Crippen LogP contribution >= 0.6 is 0 Å². The van der Waals surface area contributed by atoms with Crippen LogP contribution in [0.15, 0.2) is 41.1 Å². The number of furan rings is 1. The molecular weight excluding hydrogens is 204 g/mol. The van der Waals surface area contributed by atoms with Crippen molar-refractivity contribution in [1.29, 1.82) is 0 Å². The van der Waals surface area contributed by atoms with E-state index in [1.54, 1.807) is 12.5 Å². The van der Waals surface area contributed by atoms with E-state index in [0.29, 0.717) is 6.61 Å². The number of pyridine rings is 1.